The molecule has 0 saturated heterocycles. The Morgan fingerprint density at radius 1 is 0.962 bits per heavy atom. The highest BCUT2D eigenvalue weighted by atomic mass is 35.5. The van der Waals surface area contributed by atoms with Gasteiger partial charge in [0.2, 0.25) is 0 Å². The Hall–Kier alpha value is -2.43. The van der Waals surface area contributed by atoms with Crippen LogP contribution >= 0.6 is 23.4 Å². The molecule has 0 aromatic heterocycles. The molecule has 0 aliphatic rings. The van der Waals surface area contributed by atoms with Crippen molar-refractivity contribution in [2.75, 3.05) is 5.32 Å². The van der Waals surface area contributed by atoms with Crippen molar-refractivity contribution in [2.45, 2.75) is 22.8 Å². The number of rotatable bonds is 6. The highest BCUT2D eigenvalue weighted by Crippen LogP contribution is 2.33. The molecule has 5 heteroatoms. The lowest BCUT2D eigenvalue weighted by Gasteiger charge is -2.17. The number of para-hydroxylation sites is 2. The van der Waals surface area contributed by atoms with Crippen molar-refractivity contribution in [3.8, 4) is 5.75 Å². The number of hydrogen-bond acceptors (Lipinski definition) is 3. The summed E-state index contributed by atoms with van der Waals surface area (Å²) in [5.41, 5.74) is 0.751. The number of ether oxygens (including phenoxy) is 1. The number of anilines is 1. The maximum Gasteiger partial charge on any atom is 0.265 e. The molecule has 3 nitrogen and oxygen atoms in total. The standard InChI is InChI=1S/C21H18ClNO2S/c1-15(25-19-13-7-5-11-17(19)22)21(24)23-18-12-6-8-14-20(18)26-16-9-3-2-4-10-16/h2-15H,1H3,(H,23,24). The second-order valence-corrected chi connectivity index (χ2v) is 7.11. The van der Waals surface area contributed by atoms with Crippen molar-refractivity contribution in [2.24, 2.45) is 0 Å². The lowest BCUT2D eigenvalue weighted by Crippen LogP contribution is -2.30. The molecule has 1 unspecified atom stereocenters. The molecule has 1 N–H and O–H groups in total. The monoisotopic (exact) mass is 383 g/mol. The quantitative estimate of drug-likeness (QED) is 0.576. The summed E-state index contributed by atoms with van der Waals surface area (Å²) in [4.78, 5) is 14.6. The van der Waals surface area contributed by atoms with Crippen LogP contribution in [0.25, 0.3) is 0 Å². The van der Waals surface area contributed by atoms with Crippen LogP contribution in [0.5, 0.6) is 5.75 Å². The van der Waals surface area contributed by atoms with Crippen LogP contribution in [0.3, 0.4) is 0 Å². The van der Waals surface area contributed by atoms with Crippen molar-refractivity contribution in [1.29, 1.82) is 0 Å². The molecule has 0 aliphatic heterocycles. The topological polar surface area (TPSA) is 38.3 Å². The lowest BCUT2D eigenvalue weighted by atomic mass is 10.3. The molecule has 3 aromatic carbocycles. The predicted octanol–water partition coefficient (Wildman–Crippen LogP) is 5.90. The van der Waals surface area contributed by atoms with Crippen molar-refractivity contribution in [1.82, 2.24) is 0 Å². The molecule has 0 heterocycles. The summed E-state index contributed by atoms with van der Waals surface area (Å²) in [5, 5.41) is 3.42. The minimum atomic E-state index is -0.676. The maximum atomic E-state index is 12.5. The van der Waals surface area contributed by atoms with E-state index in [0.717, 1.165) is 15.5 Å². The molecule has 3 aromatic rings. The third-order valence-corrected chi connectivity index (χ3v) is 5.02. The first-order valence-corrected chi connectivity index (χ1v) is 9.37. The van der Waals surface area contributed by atoms with Gasteiger partial charge in [-0.2, -0.15) is 0 Å². The zero-order chi connectivity index (χ0) is 18.4. The van der Waals surface area contributed by atoms with Gasteiger partial charge in [0.05, 0.1) is 10.7 Å². The third-order valence-electron chi connectivity index (χ3n) is 3.63. The van der Waals surface area contributed by atoms with Gasteiger partial charge in [-0.25, -0.2) is 0 Å². The van der Waals surface area contributed by atoms with E-state index in [9.17, 15) is 4.79 Å². The second kappa shape index (κ2) is 8.79. The molecule has 132 valence electrons. The highest BCUT2D eigenvalue weighted by molar-refractivity contribution is 7.99. The van der Waals surface area contributed by atoms with Gasteiger partial charge in [0.25, 0.3) is 5.91 Å². The zero-order valence-electron chi connectivity index (χ0n) is 14.2. The van der Waals surface area contributed by atoms with Gasteiger partial charge in [-0.3, -0.25) is 4.79 Å². The predicted molar refractivity (Wildman–Crippen MR) is 107 cm³/mol. The van der Waals surface area contributed by atoms with Crippen LogP contribution < -0.4 is 10.1 Å². The van der Waals surface area contributed by atoms with Crippen LogP contribution in [-0.2, 0) is 4.79 Å². The fourth-order valence-corrected chi connectivity index (χ4v) is 3.40. The number of carbonyl (C=O) groups is 1. The van der Waals surface area contributed by atoms with Gasteiger partial charge in [0, 0.05) is 9.79 Å². The minimum absolute atomic E-state index is 0.231. The summed E-state index contributed by atoms with van der Waals surface area (Å²) in [6.07, 6.45) is -0.676. The average molecular weight is 384 g/mol. The SMILES string of the molecule is CC(Oc1ccccc1Cl)C(=O)Nc1ccccc1Sc1ccccc1. The van der Waals surface area contributed by atoms with Crippen LogP contribution in [0, 0.1) is 0 Å². The van der Waals surface area contributed by atoms with Crippen LogP contribution in [0.4, 0.5) is 5.69 Å². The molecule has 1 amide bonds. The summed E-state index contributed by atoms with van der Waals surface area (Å²) in [5.74, 6) is 0.259. The molecule has 0 bridgehead atoms. The smallest absolute Gasteiger partial charge is 0.265 e. The Kier molecular flexibility index (Phi) is 6.21. The van der Waals surface area contributed by atoms with E-state index in [1.165, 1.54) is 0 Å². The molecular formula is C21H18ClNO2S. The van der Waals surface area contributed by atoms with Gasteiger partial charge >= 0.3 is 0 Å². The molecule has 0 radical (unpaired) electrons. The molecule has 26 heavy (non-hydrogen) atoms. The van der Waals surface area contributed by atoms with Gasteiger partial charge in [-0.05, 0) is 43.3 Å². The van der Waals surface area contributed by atoms with Crippen LogP contribution in [-0.4, -0.2) is 12.0 Å². The molecule has 0 saturated carbocycles. The first-order valence-electron chi connectivity index (χ1n) is 8.17. The number of hydrogen-bond donors (Lipinski definition) is 1. The van der Waals surface area contributed by atoms with Crippen LogP contribution in [0.15, 0.2) is 88.7 Å². The van der Waals surface area contributed by atoms with Gasteiger partial charge < -0.3 is 10.1 Å². The summed E-state index contributed by atoms with van der Waals surface area (Å²) in [6, 6.07) is 24.8. The first-order chi connectivity index (χ1) is 12.6. The summed E-state index contributed by atoms with van der Waals surface area (Å²) < 4.78 is 5.69. The Balaban J connectivity index is 1.70. The van der Waals surface area contributed by atoms with Crippen molar-refractivity contribution >= 4 is 35.0 Å². The van der Waals surface area contributed by atoms with Crippen molar-refractivity contribution < 1.29 is 9.53 Å². The van der Waals surface area contributed by atoms with E-state index >= 15 is 0 Å². The van der Waals surface area contributed by atoms with E-state index in [1.807, 2.05) is 66.7 Å². The van der Waals surface area contributed by atoms with E-state index in [1.54, 1.807) is 30.8 Å². The highest BCUT2D eigenvalue weighted by Gasteiger charge is 2.17. The maximum absolute atomic E-state index is 12.5. The van der Waals surface area contributed by atoms with Gasteiger partial charge in [-0.1, -0.05) is 65.8 Å². The number of carbonyl (C=O) groups excluding carboxylic acids is 1. The number of amides is 1. The van der Waals surface area contributed by atoms with E-state index in [4.69, 9.17) is 16.3 Å². The van der Waals surface area contributed by atoms with E-state index in [-0.39, 0.29) is 5.91 Å². The summed E-state index contributed by atoms with van der Waals surface area (Å²) in [6.45, 7) is 1.70. The van der Waals surface area contributed by atoms with Crippen molar-refractivity contribution in [3.63, 3.8) is 0 Å². The third kappa shape index (κ3) is 4.81. The Bertz CT molecular complexity index is 886. The fourth-order valence-electron chi connectivity index (χ4n) is 2.29. The average Bonchev–Trinajstić information content (AvgIpc) is 2.66. The van der Waals surface area contributed by atoms with Gasteiger partial charge in [0.15, 0.2) is 6.10 Å². The van der Waals surface area contributed by atoms with E-state index in [0.29, 0.717) is 10.8 Å². The lowest BCUT2D eigenvalue weighted by molar-refractivity contribution is -0.122. The molecule has 0 fully saturated rings. The van der Waals surface area contributed by atoms with Crippen molar-refractivity contribution in [3.05, 3.63) is 83.9 Å². The Morgan fingerprint density at radius 3 is 2.38 bits per heavy atom. The molecule has 1 atom stereocenters. The normalized spacial score (nSPS) is 11.6. The number of halogens is 1. The van der Waals surface area contributed by atoms with Gasteiger partial charge in [0.1, 0.15) is 5.75 Å². The van der Waals surface area contributed by atoms with E-state index in [2.05, 4.69) is 5.32 Å². The molecule has 3 rings (SSSR count). The zero-order valence-corrected chi connectivity index (χ0v) is 15.8. The second-order valence-electron chi connectivity index (χ2n) is 5.59. The van der Waals surface area contributed by atoms with Gasteiger partial charge in [-0.15, -0.1) is 0 Å². The summed E-state index contributed by atoms with van der Waals surface area (Å²) in [7, 11) is 0. The van der Waals surface area contributed by atoms with Crippen LogP contribution in [0.2, 0.25) is 5.02 Å². The molecule has 0 aliphatic carbocycles. The summed E-state index contributed by atoms with van der Waals surface area (Å²) >= 11 is 7.69. The number of benzene rings is 3. The molecular weight excluding hydrogens is 366 g/mol. The molecule has 0 spiro atoms. The minimum Gasteiger partial charge on any atom is -0.479 e. The number of nitrogens with one attached hydrogen (secondary N) is 1. The fraction of sp³-hybridized carbons (Fsp3) is 0.0952. The first kappa shape index (κ1) is 18.4. The Morgan fingerprint density at radius 2 is 1.62 bits per heavy atom. The van der Waals surface area contributed by atoms with E-state index < -0.39 is 6.10 Å². The Labute approximate surface area is 162 Å². The van der Waals surface area contributed by atoms with Crippen LogP contribution in [0.1, 0.15) is 6.92 Å². The largest absolute Gasteiger partial charge is 0.479 e.